The Bertz CT molecular complexity index is 561. The molecular weight excluding hydrogens is 284 g/mol. The van der Waals surface area contributed by atoms with E-state index in [1.807, 2.05) is 19.1 Å². The van der Waals surface area contributed by atoms with Gasteiger partial charge >= 0.3 is 0 Å². The summed E-state index contributed by atoms with van der Waals surface area (Å²) < 4.78 is 26.9. The smallest absolute Gasteiger partial charge is 0.243 e. The van der Waals surface area contributed by atoms with Crippen LogP contribution in [0.25, 0.3) is 0 Å². The fourth-order valence-corrected chi connectivity index (χ4v) is 4.26. The standard InChI is InChI=1S/C16H26N2O2S/c1-13(2)17-12-15-7-9-18(10-8-15)21(19,20)16-6-4-5-14(3)11-16/h4-6,11,13,15,17H,7-10,12H2,1-3H3. The third kappa shape index (κ3) is 4.28. The van der Waals surface area contributed by atoms with Crippen LogP contribution in [0.4, 0.5) is 0 Å². The molecule has 5 heteroatoms. The summed E-state index contributed by atoms with van der Waals surface area (Å²) in [5, 5.41) is 3.44. The van der Waals surface area contributed by atoms with Crippen LogP contribution in [0.3, 0.4) is 0 Å². The largest absolute Gasteiger partial charge is 0.314 e. The number of benzene rings is 1. The average molecular weight is 310 g/mol. The van der Waals surface area contributed by atoms with Gasteiger partial charge in [-0.1, -0.05) is 26.0 Å². The SMILES string of the molecule is Cc1cccc(S(=O)(=O)N2CCC(CNC(C)C)CC2)c1. The Morgan fingerprint density at radius 3 is 2.52 bits per heavy atom. The Morgan fingerprint density at radius 2 is 1.95 bits per heavy atom. The number of rotatable bonds is 5. The fraction of sp³-hybridized carbons (Fsp3) is 0.625. The first-order valence-electron chi connectivity index (χ1n) is 7.70. The lowest BCUT2D eigenvalue weighted by Gasteiger charge is -2.31. The molecule has 1 aromatic rings. The highest BCUT2D eigenvalue weighted by Crippen LogP contribution is 2.24. The predicted molar refractivity (Wildman–Crippen MR) is 85.8 cm³/mol. The number of hydrogen-bond acceptors (Lipinski definition) is 3. The van der Waals surface area contributed by atoms with Crippen LogP contribution in [0.5, 0.6) is 0 Å². The van der Waals surface area contributed by atoms with Gasteiger partial charge in [-0.3, -0.25) is 0 Å². The molecule has 1 N–H and O–H groups in total. The van der Waals surface area contributed by atoms with E-state index in [1.165, 1.54) is 0 Å². The molecule has 2 rings (SSSR count). The van der Waals surface area contributed by atoms with E-state index in [0.717, 1.165) is 24.9 Å². The lowest BCUT2D eigenvalue weighted by Crippen LogP contribution is -2.41. The number of hydrogen-bond donors (Lipinski definition) is 1. The molecule has 118 valence electrons. The Morgan fingerprint density at radius 1 is 1.29 bits per heavy atom. The molecule has 21 heavy (non-hydrogen) atoms. The van der Waals surface area contributed by atoms with Gasteiger partial charge < -0.3 is 5.32 Å². The molecule has 0 saturated carbocycles. The summed E-state index contributed by atoms with van der Waals surface area (Å²) in [6.45, 7) is 8.43. The van der Waals surface area contributed by atoms with Crippen LogP contribution in [-0.2, 0) is 10.0 Å². The summed E-state index contributed by atoms with van der Waals surface area (Å²) in [5.74, 6) is 0.580. The Labute approximate surface area is 128 Å². The van der Waals surface area contributed by atoms with E-state index in [-0.39, 0.29) is 0 Å². The van der Waals surface area contributed by atoms with Crippen LogP contribution >= 0.6 is 0 Å². The second-order valence-corrected chi connectivity index (χ2v) is 8.16. The summed E-state index contributed by atoms with van der Waals surface area (Å²) in [6.07, 6.45) is 1.87. The normalized spacial score (nSPS) is 18.3. The number of aryl methyl sites for hydroxylation is 1. The first-order valence-corrected chi connectivity index (χ1v) is 9.14. The lowest BCUT2D eigenvalue weighted by atomic mass is 9.98. The molecule has 1 aliphatic rings. The van der Waals surface area contributed by atoms with Crippen molar-refractivity contribution < 1.29 is 8.42 Å². The molecule has 0 atom stereocenters. The molecule has 1 saturated heterocycles. The van der Waals surface area contributed by atoms with Crippen molar-refractivity contribution in [2.45, 2.75) is 44.6 Å². The van der Waals surface area contributed by atoms with Crippen molar-refractivity contribution in [2.75, 3.05) is 19.6 Å². The van der Waals surface area contributed by atoms with Gasteiger partial charge in [0.2, 0.25) is 10.0 Å². The molecule has 1 heterocycles. The fourth-order valence-electron chi connectivity index (χ4n) is 2.68. The first-order chi connectivity index (χ1) is 9.89. The number of nitrogens with one attached hydrogen (secondary N) is 1. The van der Waals surface area contributed by atoms with Gasteiger partial charge in [-0.05, 0) is 49.9 Å². The van der Waals surface area contributed by atoms with E-state index in [9.17, 15) is 8.42 Å². The van der Waals surface area contributed by atoms with Crippen LogP contribution in [-0.4, -0.2) is 38.4 Å². The van der Waals surface area contributed by atoms with Gasteiger partial charge in [-0.15, -0.1) is 0 Å². The van der Waals surface area contributed by atoms with Crippen molar-refractivity contribution >= 4 is 10.0 Å². The van der Waals surface area contributed by atoms with Crippen molar-refractivity contribution in [3.05, 3.63) is 29.8 Å². The highest BCUT2D eigenvalue weighted by Gasteiger charge is 2.29. The van der Waals surface area contributed by atoms with Crippen LogP contribution in [0, 0.1) is 12.8 Å². The van der Waals surface area contributed by atoms with E-state index in [4.69, 9.17) is 0 Å². The zero-order valence-electron chi connectivity index (χ0n) is 13.2. The summed E-state index contributed by atoms with van der Waals surface area (Å²) >= 11 is 0. The maximum absolute atomic E-state index is 12.6. The monoisotopic (exact) mass is 310 g/mol. The maximum Gasteiger partial charge on any atom is 0.243 e. The van der Waals surface area contributed by atoms with E-state index in [0.29, 0.717) is 29.9 Å². The second kappa shape index (κ2) is 6.90. The summed E-state index contributed by atoms with van der Waals surface area (Å²) in [4.78, 5) is 0.418. The third-order valence-electron chi connectivity index (χ3n) is 4.02. The zero-order valence-corrected chi connectivity index (χ0v) is 14.0. The first kappa shape index (κ1) is 16.5. The van der Waals surface area contributed by atoms with Gasteiger partial charge in [0, 0.05) is 19.1 Å². The van der Waals surface area contributed by atoms with E-state index >= 15 is 0 Å². The van der Waals surface area contributed by atoms with Gasteiger partial charge in [0.15, 0.2) is 0 Å². The van der Waals surface area contributed by atoms with Gasteiger partial charge in [0.05, 0.1) is 4.90 Å². The molecule has 0 amide bonds. The molecule has 0 unspecified atom stereocenters. The van der Waals surface area contributed by atoms with E-state index in [1.54, 1.807) is 16.4 Å². The van der Waals surface area contributed by atoms with Crippen LogP contribution < -0.4 is 5.32 Å². The number of sulfonamides is 1. The summed E-state index contributed by atoms with van der Waals surface area (Å²) in [5.41, 5.74) is 0.979. The van der Waals surface area contributed by atoms with Crippen molar-refractivity contribution in [1.82, 2.24) is 9.62 Å². The second-order valence-electron chi connectivity index (χ2n) is 6.23. The lowest BCUT2D eigenvalue weighted by molar-refractivity contribution is 0.264. The van der Waals surface area contributed by atoms with Crippen LogP contribution in [0.1, 0.15) is 32.3 Å². The Balaban J connectivity index is 1.98. The predicted octanol–water partition coefficient (Wildman–Crippen LogP) is 2.39. The highest BCUT2D eigenvalue weighted by molar-refractivity contribution is 7.89. The molecule has 1 aromatic carbocycles. The molecular formula is C16H26N2O2S. The summed E-state index contributed by atoms with van der Waals surface area (Å²) in [7, 11) is -3.33. The summed E-state index contributed by atoms with van der Waals surface area (Å²) in [6, 6.07) is 7.65. The average Bonchev–Trinajstić information content (AvgIpc) is 2.45. The van der Waals surface area contributed by atoms with Crippen molar-refractivity contribution in [3.63, 3.8) is 0 Å². The van der Waals surface area contributed by atoms with E-state index < -0.39 is 10.0 Å². The van der Waals surface area contributed by atoms with E-state index in [2.05, 4.69) is 19.2 Å². The highest BCUT2D eigenvalue weighted by atomic mass is 32.2. The van der Waals surface area contributed by atoms with Crippen LogP contribution in [0.15, 0.2) is 29.2 Å². The molecule has 0 bridgehead atoms. The van der Waals surface area contributed by atoms with Gasteiger partial charge in [0.1, 0.15) is 0 Å². The molecule has 0 spiro atoms. The topological polar surface area (TPSA) is 49.4 Å². The Hall–Kier alpha value is -0.910. The maximum atomic E-state index is 12.6. The molecule has 0 aromatic heterocycles. The molecule has 1 fully saturated rings. The van der Waals surface area contributed by atoms with Gasteiger partial charge in [-0.2, -0.15) is 4.31 Å². The zero-order chi connectivity index (χ0) is 15.5. The van der Waals surface area contributed by atoms with Gasteiger partial charge in [0.25, 0.3) is 0 Å². The minimum atomic E-state index is -3.33. The number of piperidine rings is 1. The minimum Gasteiger partial charge on any atom is -0.314 e. The van der Waals surface area contributed by atoms with Crippen molar-refractivity contribution in [1.29, 1.82) is 0 Å². The van der Waals surface area contributed by atoms with Crippen molar-refractivity contribution in [2.24, 2.45) is 5.92 Å². The van der Waals surface area contributed by atoms with Gasteiger partial charge in [-0.25, -0.2) is 8.42 Å². The van der Waals surface area contributed by atoms with Crippen LogP contribution in [0.2, 0.25) is 0 Å². The van der Waals surface area contributed by atoms with Crippen molar-refractivity contribution in [3.8, 4) is 0 Å². The molecule has 0 radical (unpaired) electrons. The molecule has 1 aliphatic heterocycles. The Kier molecular flexibility index (Phi) is 5.41. The molecule has 0 aliphatic carbocycles. The number of nitrogens with zero attached hydrogens (tertiary/aromatic N) is 1. The third-order valence-corrected chi connectivity index (χ3v) is 5.91. The minimum absolute atomic E-state index is 0.418. The molecule has 4 nitrogen and oxygen atoms in total. The quantitative estimate of drug-likeness (QED) is 0.908.